The van der Waals surface area contributed by atoms with Crippen LogP contribution in [0.2, 0.25) is 0 Å². The third-order valence-corrected chi connectivity index (χ3v) is 14.3. The fourth-order valence-corrected chi connectivity index (χ4v) is 9.39. The van der Waals surface area contributed by atoms with Gasteiger partial charge in [0.05, 0.1) is 18.9 Å². The van der Waals surface area contributed by atoms with E-state index in [0.717, 1.165) is 0 Å². The van der Waals surface area contributed by atoms with Crippen LogP contribution in [0.25, 0.3) is 0 Å². The maximum atomic E-state index is 14.5. The maximum Gasteiger partial charge on any atom is 0.326 e. The average Bonchev–Trinajstić information content (AvgIpc) is 4.16. The molecule has 0 bridgehead atoms. The van der Waals surface area contributed by atoms with E-state index < -0.39 is 163 Å². The largest absolute Gasteiger partial charge is 0.481 e. The molecule has 446 valence electrons. The zero-order valence-electron chi connectivity index (χ0n) is 45.6. The van der Waals surface area contributed by atoms with Gasteiger partial charge in [0.15, 0.2) is 0 Å². The van der Waals surface area contributed by atoms with Crippen LogP contribution in [0.15, 0.2) is 0 Å². The normalized spacial score (nSPS) is 18.4. The van der Waals surface area contributed by atoms with Gasteiger partial charge in [-0.3, -0.25) is 57.5 Å². The summed E-state index contributed by atoms with van der Waals surface area (Å²) in [7, 11) is 0. The second kappa shape index (κ2) is 35.1. The van der Waals surface area contributed by atoms with Crippen LogP contribution in [0.4, 0.5) is 0 Å². The highest BCUT2D eigenvalue weighted by Crippen LogP contribution is 2.27. The Bertz CT molecular complexity index is 2160. The predicted molar refractivity (Wildman–Crippen MR) is 287 cm³/mol. The van der Waals surface area contributed by atoms with Gasteiger partial charge in [-0.1, -0.05) is 20.3 Å². The van der Waals surface area contributed by atoms with Gasteiger partial charge in [-0.2, -0.15) is 11.8 Å². The number of thioether (sulfide) groups is 1. The topological polar surface area (TPSA) is 483 Å². The highest BCUT2D eigenvalue weighted by Gasteiger charge is 2.45. The molecule has 2 aliphatic rings. The van der Waals surface area contributed by atoms with Crippen LogP contribution >= 0.6 is 11.8 Å². The van der Waals surface area contributed by atoms with Gasteiger partial charge in [0.1, 0.15) is 54.4 Å². The van der Waals surface area contributed by atoms with Crippen molar-refractivity contribution in [3.8, 4) is 0 Å². The summed E-state index contributed by atoms with van der Waals surface area (Å²) in [5, 5.41) is 35.8. The Morgan fingerprint density at radius 3 is 1.59 bits per heavy atom. The average molecular weight is 1140 g/mol. The zero-order chi connectivity index (χ0) is 59.5. The minimum atomic E-state index is -1.96. The highest BCUT2D eigenvalue weighted by molar-refractivity contribution is 7.98. The van der Waals surface area contributed by atoms with Gasteiger partial charge in [0.2, 0.25) is 65.0 Å². The van der Waals surface area contributed by atoms with Gasteiger partial charge in [-0.25, -0.2) is 4.79 Å². The maximum absolute atomic E-state index is 14.5. The number of nitrogens with two attached hydrogens (primary N) is 5. The number of aliphatic carboxylic acids is 2. The van der Waals surface area contributed by atoms with Gasteiger partial charge >= 0.3 is 11.9 Å². The minimum Gasteiger partial charge on any atom is -0.481 e. The number of rotatable bonds is 37. The monoisotopic (exact) mass is 1140 g/mol. The van der Waals surface area contributed by atoms with Crippen LogP contribution in [-0.4, -0.2) is 196 Å². The van der Waals surface area contributed by atoms with Crippen LogP contribution in [-0.2, 0) is 62.3 Å². The molecule has 2 rings (SSSR count). The van der Waals surface area contributed by atoms with Crippen molar-refractivity contribution in [2.45, 2.75) is 184 Å². The molecule has 0 spiro atoms. The van der Waals surface area contributed by atoms with E-state index in [1.807, 2.05) is 18.5 Å². The number of likely N-dealkylation sites (tertiary alicyclic amines) is 2. The molecule has 11 amide bonds. The van der Waals surface area contributed by atoms with E-state index in [2.05, 4.69) is 31.9 Å². The molecule has 2 aliphatic heterocycles. The van der Waals surface area contributed by atoms with Crippen molar-refractivity contribution in [2.24, 2.45) is 34.6 Å². The molecule has 0 aromatic heterocycles. The molecule has 0 aromatic carbocycles. The van der Waals surface area contributed by atoms with Gasteiger partial charge in [0.25, 0.3) is 0 Å². The van der Waals surface area contributed by atoms with Crippen molar-refractivity contribution >= 4 is 88.7 Å². The van der Waals surface area contributed by atoms with E-state index in [4.69, 9.17) is 33.8 Å². The molecular weight excluding hydrogens is 1060 g/mol. The molecule has 30 heteroatoms. The predicted octanol–water partition coefficient (Wildman–Crippen LogP) is -4.53. The number of amides is 11. The molecule has 0 aliphatic carbocycles. The van der Waals surface area contributed by atoms with E-state index in [9.17, 15) is 67.4 Å². The third kappa shape index (κ3) is 22.9. The van der Waals surface area contributed by atoms with Crippen molar-refractivity contribution in [2.75, 3.05) is 38.2 Å². The standard InChI is InChI=1S/C49H84N14O15S/c1-5-26(2)39(61-40(68)27(3)55-41(69)28(52)18-23-79-4)48(76)63-22-11-15-35(63)47(75)62-21-10-14-34(62)46(74)58-30(13-7-9-20-51)42(70)56-29(12-6-8-19-50)43(71)59-32(24-37(54)65)45(73)57-31(16-17-36(53)64)44(72)60-33(49(77)78)25-38(66)67/h26-35,39H,5-25,50-52H2,1-4H3,(H2,53,64)(H2,54,65)(H,55,69)(H,56,70)(H,57,73)(H,58,74)(H,59,71)(H,60,72)(H,61,68)(H,66,67)(H,77,78)/t26-,27-,28-,29-,30-,31-,32-,33-,34-,35-,39-/m0/s1. The number of carboxylic acids is 2. The van der Waals surface area contributed by atoms with Crippen LogP contribution in [0.5, 0.6) is 0 Å². The Labute approximate surface area is 463 Å². The Morgan fingerprint density at radius 2 is 1.09 bits per heavy atom. The number of carbonyl (C=O) groups excluding carboxylic acids is 11. The molecule has 19 N–H and O–H groups in total. The Kier molecular flexibility index (Phi) is 30.4. The molecule has 0 saturated carbocycles. The van der Waals surface area contributed by atoms with Gasteiger partial charge in [-0.15, -0.1) is 0 Å². The van der Waals surface area contributed by atoms with Crippen molar-refractivity contribution in [1.29, 1.82) is 0 Å². The molecule has 29 nitrogen and oxygen atoms in total. The first-order valence-electron chi connectivity index (χ1n) is 26.7. The third-order valence-electron chi connectivity index (χ3n) is 13.7. The lowest BCUT2D eigenvalue weighted by Gasteiger charge is -2.35. The van der Waals surface area contributed by atoms with Crippen molar-refractivity contribution in [3.05, 3.63) is 0 Å². The summed E-state index contributed by atoms with van der Waals surface area (Å²) in [6.45, 7) is 5.85. The molecule has 11 atom stereocenters. The first-order chi connectivity index (χ1) is 37.3. The van der Waals surface area contributed by atoms with E-state index in [-0.39, 0.29) is 64.2 Å². The first-order valence-corrected chi connectivity index (χ1v) is 28.1. The highest BCUT2D eigenvalue weighted by atomic mass is 32.2. The number of nitrogens with one attached hydrogen (secondary N) is 7. The van der Waals surface area contributed by atoms with Gasteiger partial charge in [-0.05, 0) is 115 Å². The fraction of sp³-hybridized carbons (Fsp3) is 0.735. The summed E-state index contributed by atoms with van der Waals surface area (Å²) in [6, 6.07) is -13.3. The van der Waals surface area contributed by atoms with E-state index in [0.29, 0.717) is 50.7 Å². The lowest BCUT2D eigenvalue weighted by atomic mass is 9.97. The van der Waals surface area contributed by atoms with Crippen molar-refractivity contribution in [3.63, 3.8) is 0 Å². The molecule has 2 heterocycles. The van der Waals surface area contributed by atoms with E-state index in [1.54, 1.807) is 6.92 Å². The molecule has 0 radical (unpaired) electrons. The Morgan fingerprint density at radius 1 is 0.582 bits per heavy atom. The lowest BCUT2D eigenvalue weighted by molar-refractivity contribution is -0.148. The molecule has 0 aromatic rings. The number of hydrogen-bond acceptors (Lipinski definition) is 17. The van der Waals surface area contributed by atoms with E-state index in [1.165, 1.54) is 28.5 Å². The summed E-state index contributed by atoms with van der Waals surface area (Å²) in [4.78, 5) is 174. The van der Waals surface area contributed by atoms with Crippen molar-refractivity contribution in [1.82, 2.24) is 47.0 Å². The second-order valence-electron chi connectivity index (χ2n) is 19.9. The summed E-state index contributed by atoms with van der Waals surface area (Å²) in [5.41, 5.74) is 28.1. The number of primary amides is 2. The zero-order valence-corrected chi connectivity index (χ0v) is 46.4. The molecule has 79 heavy (non-hydrogen) atoms. The number of hydrogen-bond donors (Lipinski definition) is 14. The molecule has 2 fully saturated rings. The number of carbonyl (C=O) groups is 13. The first kappa shape index (κ1) is 68.4. The summed E-state index contributed by atoms with van der Waals surface area (Å²) >= 11 is 1.52. The molecule has 0 unspecified atom stereocenters. The minimum absolute atomic E-state index is 0.0178. The number of unbranched alkanes of at least 4 members (excludes halogenated alkanes) is 2. The number of carboxylic acid groups (broad SMARTS) is 2. The summed E-state index contributed by atoms with van der Waals surface area (Å²) in [5.74, 6) is -12.3. The smallest absolute Gasteiger partial charge is 0.326 e. The van der Waals surface area contributed by atoms with Crippen molar-refractivity contribution < 1.29 is 72.5 Å². The Hall–Kier alpha value is -6.66. The lowest BCUT2D eigenvalue weighted by Crippen LogP contribution is -2.60. The SMILES string of the molecule is CC[C@H](C)[C@H](NC(=O)[C@H](C)NC(=O)[C@@H](N)CCSC)C(=O)N1CCC[C@H]1C(=O)N1CCC[C@H]1C(=O)N[C@@H](CCCCN)C(=O)N[C@@H](CCCCN)C(=O)N[C@@H](CC(N)=O)C(=O)N[C@@H](CCC(N)=O)C(=O)N[C@@H](CC(=O)O)C(=O)O. The van der Waals surface area contributed by atoms with Gasteiger partial charge < -0.3 is 85.9 Å². The van der Waals surface area contributed by atoms with E-state index >= 15 is 0 Å². The second-order valence-corrected chi connectivity index (χ2v) is 20.8. The quantitative estimate of drug-likeness (QED) is 0.0261. The summed E-state index contributed by atoms with van der Waals surface area (Å²) < 4.78 is 0. The van der Waals surface area contributed by atoms with Crippen LogP contribution < -0.4 is 65.9 Å². The van der Waals surface area contributed by atoms with Crippen LogP contribution in [0.1, 0.15) is 124 Å². The van der Waals surface area contributed by atoms with Gasteiger partial charge in [0, 0.05) is 19.5 Å². The molecule has 2 saturated heterocycles. The summed E-state index contributed by atoms with van der Waals surface area (Å²) in [6.07, 6.45) is 2.39. The number of nitrogens with zero attached hydrogens (tertiary/aromatic N) is 2. The molecular formula is C49H84N14O15S. The Balaban J connectivity index is 2.37. The van der Waals surface area contributed by atoms with Crippen LogP contribution in [0.3, 0.4) is 0 Å². The fourth-order valence-electron chi connectivity index (χ4n) is 8.90. The van der Waals surface area contributed by atoms with Crippen LogP contribution in [0, 0.1) is 5.92 Å².